The van der Waals surface area contributed by atoms with E-state index in [0.717, 1.165) is 42.4 Å². The Labute approximate surface area is 230 Å². The lowest BCUT2D eigenvalue weighted by Crippen LogP contribution is -2.47. The maximum Gasteiger partial charge on any atom is 0.185 e. The molecule has 5 rings (SSSR count). The van der Waals surface area contributed by atoms with Crippen molar-refractivity contribution in [2.45, 2.75) is 64.2 Å². The number of aromatic nitrogens is 2. The minimum absolute atomic E-state index is 0.0209. The van der Waals surface area contributed by atoms with Gasteiger partial charge in [0.1, 0.15) is 28.8 Å². The summed E-state index contributed by atoms with van der Waals surface area (Å²) in [6.45, 7) is 6.19. The van der Waals surface area contributed by atoms with Crippen molar-refractivity contribution in [1.29, 1.82) is 0 Å². The highest BCUT2D eigenvalue weighted by Gasteiger charge is 2.32. The van der Waals surface area contributed by atoms with Crippen molar-refractivity contribution in [3.8, 4) is 11.3 Å². The van der Waals surface area contributed by atoms with Crippen molar-refractivity contribution in [2.24, 2.45) is 11.7 Å². The number of benzene rings is 1. The van der Waals surface area contributed by atoms with Gasteiger partial charge in [0.2, 0.25) is 0 Å². The van der Waals surface area contributed by atoms with Gasteiger partial charge in [0, 0.05) is 48.6 Å². The van der Waals surface area contributed by atoms with Gasteiger partial charge in [-0.05, 0) is 68.9 Å². The number of pyridine rings is 2. The molecule has 1 unspecified atom stereocenters. The van der Waals surface area contributed by atoms with Crippen molar-refractivity contribution >= 4 is 11.5 Å². The lowest BCUT2D eigenvalue weighted by Gasteiger charge is -2.38. The maximum absolute atomic E-state index is 15.0. The first-order chi connectivity index (χ1) is 18.8. The molecule has 1 saturated heterocycles. The van der Waals surface area contributed by atoms with Crippen LogP contribution in [0.2, 0.25) is 0 Å². The molecule has 3 atom stereocenters. The number of carbonyl (C=O) groups excluding carboxylic acids is 1. The van der Waals surface area contributed by atoms with E-state index in [2.05, 4.69) is 21.8 Å². The largest absolute Gasteiger partial charge is 0.387 e. The second-order valence-electron chi connectivity index (χ2n) is 11.6. The van der Waals surface area contributed by atoms with Gasteiger partial charge in [-0.2, -0.15) is 0 Å². The minimum Gasteiger partial charge on any atom is -0.387 e. The third-order valence-corrected chi connectivity index (χ3v) is 7.72. The Morgan fingerprint density at radius 1 is 1.15 bits per heavy atom. The van der Waals surface area contributed by atoms with Gasteiger partial charge in [-0.25, -0.2) is 18.2 Å². The summed E-state index contributed by atoms with van der Waals surface area (Å²) in [6.07, 6.45) is 2.79. The number of nitrogens with two attached hydrogens (primary N) is 1. The van der Waals surface area contributed by atoms with Crippen LogP contribution < -0.4 is 10.6 Å². The van der Waals surface area contributed by atoms with Crippen LogP contribution in [0.1, 0.15) is 72.6 Å². The van der Waals surface area contributed by atoms with Crippen molar-refractivity contribution in [3.63, 3.8) is 0 Å². The first kappa shape index (κ1) is 28.2. The van der Waals surface area contributed by atoms with Crippen LogP contribution in [0.5, 0.6) is 0 Å². The van der Waals surface area contributed by atoms with E-state index < -0.39 is 46.2 Å². The predicted octanol–water partition coefficient (Wildman–Crippen LogP) is 4.37. The molecule has 2 aromatic heterocycles. The highest BCUT2D eigenvalue weighted by atomic mass is 19.1. The summed E-state index contributed by atoms with van der Waals surface area (Å²) in [5, 5.41) is 20.6. The van der Waals surface area contributed by atoms with Gasteiger partial charge in [-0.3, -0.25) is 9.78 Å². The summed E-state index contributed by atoms with van der Waals surface area (Å²) in [5.41, 5.74) is 6.22. The third kappa shape index (κ3) is 5.35. The van der Waals surface area contributed by atoms with E-state index in [1.165, 1.54) is 19.9 Å². The number of hydrogen-bond donors (Lipinski definition) is 3. The quantitative estimate of drug-likeness (QED) is 0.388. The Morgan fingerprint density at radius 2 is 1.85 bits per heavy atom. The van der Waals surface area contributed by atoms with Crippen LogP contribution in [-0.2, 0) is 18.4 Å². The molecule has 0 radical (unpaired) electrons. The Kier molecular flexibility index (Phi) is 7.45. The molecule has 3 aromatic rings. The van der Waals surface area contributed by atoms with Crippen LogP contribution in [-0.4, -0.2) is 45.1 Å². The van der Waals surface area contributed by atoms with E-state index in [-0.39, 0.29) is 23.7 Å². The number of fused-ring (bicyclic) bond motifs is 1. The lowest BCUT2D eigenvalue weighted by molar-refractivity contribution is 0.0778. The third-order valence-electron chi connectivity index (χ3n) is 7.72. The average Bonchev–Trinajstić information content (AvgIpc) is 3.23. The predicted molar refractivity (Wildman–Crippen MR) is 144 cm³/mol. The molecule has 0 amide bonds. The molecule has 1 aliphatic heterocycles. The zero-order valence-electron chi connectivity index (χ0n) is 22.7. The van der Waals surface area contributed by atoms with E-state index in [1.807, 2.05) is 0 Å². The second kappa shape index (κ2) is 10.6. The number of anilines is 1. The van der Waals surface area contributed by atoms with Gasteiger partial charge in [0.25, 0.3) is 0 Å². The Balaban J connectivity index is 1.51. The minimum atomic E-state index is -1.52. The molecular formula is C30H33F3N4O3. The number of carbonyl (C=O) groups is 1. The topological polar surface area (TPSA) is 113 Å². The molecular weight excluding hydrogens is 521 g/mol. The van der Waals surface area contributed by atoms with E-state index in [4.69, 9.17) is 5.73 Å². The molecule has 0 saturated carbocycles. The van der Waals surface area contributed by atoms with Gasteiger partial charge in [-0.15, -0.1) is 0 Å². The number of aliphatic hydroxyl groups excluding tert-OH is 1. The molecule has 1 fully saturated rings. The number of halogens is 3. The first-order valence-electron chi connectivity index (χ1n) is 13.4. The molecule has 1 aromatic carbocycles. The van der Waals surface area contributed by atoms with Crippen molar-refractivity contribution in [1.82, 2.24) is 9.97 Å². The zero-order chi connectivity index (χ0) is 28.9. The van der Waals surface area contributed by atoms with Gasteiger partial charge in [0.05, 0.1) is 23.0 Å². The number of ketones is 1. The van der Waals surface area contributed by atoms with E-state index in [0.29, 0.717) is 36.6 Å². The molecule has 0 bridgehead atoms. The average molecular weight is 555 g/mol. The lowest BCUT2D eigenvalue weighted by atomic mass is 9.93. The number of hydrogen-bond acceptors (Lipinski definition) is 7. The van der Waals surface area contributed by atoms with Crippen LogP contribution in [0.25, 0.3) is 11.3 Å². The normalized spacial score (nSPS) is 21.0. The monoisotopic (exact) mass is 554 g/mol. The summed E-state index contributed by atoms with van der Waals surface area (Å²) in [6, 6.07) is 3.95. The number of nitrogens with zero attached hydrogens (tertiary/aromatic N) is 3. The fourth-order valence-corrected chi connectivity index (χ4v) is 5.85. The molecule has 10 heteroatoms. The Hall–Kier alpha value is -3.34. The highest BCUT2D eigenvalue weighted by Crippen LogP contribution is 2.40. The van der Waals surface area contributed by atoms with Gasteiger partial charge in [0.15, 0.2) is 5.78 Å². The summed E-state index contributed by atoms with van der Waals surface area (Å²) < 4.78 is 44.8. The standard InChI is InChI=1S/C30H33F3N4O3/c1-15-8-18(34)14-37(13-15)29-16(12-35-27-19(29)4-7-24(27)38)9-25(39)23-6-5-20(31)28(36-23)26-21(32)10-17(11-22(26)33)30(2,3)40/h5-6,10-12,15,18,24,38,40H,4,7-9,13-14,34H2,1-3H3/t15-,18+,24?/m1/s1. The fourth-order valence-electron chi connectivity index (χ4n) is 5.85. The van der Waals surface area contributed by atoms with Crippen LogP contribution >= 0.6 is 0 Å². The number of piperidine rings is 1. The Bertz CT molecular complexity index is 1440. The SMILES string of the molecule is C[C@@H]1C[C@H](N)CN(c2c(CC(=O)c3ccc(F)c(-c4c(F)cc(C(C)(C)O)cc4F)n3)cnc3c2CCC3O)C1. The Morgan fingerprint density at radius 3 is 2.50 bits per heavy atom. The van der Waals surface area contributed by atoms with Crippen LogP contribution in [0.3, 0.4) is 0 Å². The van der Waals surface area contributed by atoms with E-state index in [9.17, 15) is 28.2 Å². The number of Topliss-reactive ketones (excluding diaryl/α,β-unsaturated/α-hetero) is 1. The van der Waals surface area contributed by atoms with Crippen molar-refractivity contribution in [3.05, 3.63) is 76.0 Å². The smallest absolute Gasteiger partial charge is 0.185 e. The van der Waals surface area contributed by atoms with Crippen molar-refractivity contribution < 1.29 is 28.2 Å². The summed E-state index contributed by atoms with van der Waals surface area (Å²) in [5.74, 6) is -3.35. The van der Waals surface area contributed by atoms with Gasteiger partial charge in [-0.1, -0.05) is 6.92 Å². The van der Waals surface area contributed by atoms with Crippen LogP contribution in [0.4, 0.5) is 18.9 Å². The second-order valence-corrected chi connectivity index (χ2v) is 11.6. The van der Waals surface area contributed by atoms with Crippen LogP contribution in [0, 0.1) is 23.4 Å². The first-order valence-corrected chi connectivity index (χ1v) is 13.4. The molecule has 212 valence electrons. The summed E-state index contributed by atoms with van der Waals surface area (Å²) in [7, 11) is 0. The molecule has 1 aliphatic carbocycles. The molecule has 3 heterocycles. The summed E-state index contributed by atoms with van der Waals surface area (Å²) >= 11 is 0. The maximum atomic E-state index is 15.0. The highest BCUT2D eigenvalue weighted by molar-refractivity contribution is 5.97. The van der Waals surface area contributed by atoms with Gasteiger partial charge >= 0.3 is 0 Å². The number of aliphatic hydroxyl groups is 2. The van der Waals surface area contributed by atoms with Gasteiger partial charge < -0.3 is 20.8 Å². The molecule has 4 N–H and O–H groups in total. The molecule has 0 spiro atoms. The summed E-state index contributed by atoms with van der Waals surface area (Å²) in [4.78, 5) is 24.1. The van der Waals surface area contributed by atoms with Crippen molar-refractivity contribution in [2.75, 3.05) is 18.0 Å². The van der Waals surface area contributed by atoms with E-state index in [1.54, 1.807) is 6.20 Å². The molecule has 7 nitrogen and oxygen atoms in total. The molecule has 40 heavy (non-hydrogen) atoms. The van der Waals surface area contributed by atoms with E-state index >= 15 is 0 Å². The fraction of sp³-hybridized carbons (Fsp3) is 0.433. The molecule has 2 aliphatic rings. The zero-order valence-corrected chi connectivity index (χ0v) is 22.7. The van der Waals surface area contributed by atoms with Crippen LogP contribution in [0.15, 0.2) is 30.5 Å². The number of rotatable bonds is 6.